The van der Waals surface area contributed by atoms with Gasteiger partial charge in [0.15, 0.2) is 0 Å². The third-order valence-corrected chi connectivity index (χ3v) is 2.37. The molecule has 1 heterocycles. The zero-order valence-electron chi connectivity index (χ0n) is 8.59. The molecule has 1 aliphatic rings. The Morgan fingerprint density at radius 3 is 1.93 bits per heavy atom. The van der Waals surface area contributed by atoms with Gasteiger partial charge in [-0.25, -0.2) is 0 Å². The van der Waals surface area contributed by atoms with Crippen LogP contribution in [-0.4, -0.2) is 18.3 Å². The van der Waals surface area contributed by atoms with Crippen molar-refractivity contribution < 1.29 is 64.3 Å². The van der Waals surface area contributed by atoms with Crippen molar-refractivity contribution in [1.29, 1.82) is 0 Å². The minimum Gasteiger partial charge on any atom is -0.448 e. The normalized spacial score (nSPS) is 15.9. The predicted molar refractivity (Wildman–Crippen MR) is 49.6 cm³/mol. The first-order valence-corrected chi connectivity index (χ1v) is 4.55. The summed E-state index contributed by atoms with van der Waals surface area (Å²) in [6.07, 6.45) is -0.755. The molecule has 0 N–H and O–H groups in total. The Balaban J connectivity index is 0.00000112. The second-order valence-electron chi connectivity index (χ2n) is 3.65. The Morgan fingerprint density at radius 1 is 1.07 bits per heavy atom. The third-order valence-electron chi connectivity index (χ3n) is 2.37. The summed E-state index contributed by atoms with van der Waals surface area (Å²) < 4.78 is 36.5. The van der Waals surface area contributed by atoms with E-state index in [9.17, 15) is 12.9 Å². The topological polar surface area (TPSA) is 3.24 Å². The average Bonchev–Trinajstić information content (AvgIpc) is 2.42. The SMILES string of the molecule is F[B-](F)(F)CN1Cc2ccccc2C1.[K+]. The van der Waals surface area contributed by atoms with Crippen molar-refractivity contribution in [2.75, 3.05) is 6.44 Å². The van der Waals surface area contributed by atoms with Crippen LogP contribution in [0.25, 0.3) is 0 Å². The Bertz CT molecular complexity index is 317. The molecule has 0 saturated carbocycles. The Morgan fingerprint density at radius 2 is 1.53 bits per heavy atom. The predicted octanol–water partition coefficient (Wildman–Crippen LogP) is -0.607. The standard InChI is InChI=1S/C9H10BF3N.K/c11-10(12,13)7-14-5-8-3-1-2-4-9(8)6-14;/h1-4H,5-7H2;/q-1;+1. The molecule has 0 saturated heterocycles. The van der Waals surface area contributed by atoms with Crippen molar-refractivity contribution in [3.8, 4) is 0 Å². The van der Waals surface area contributed by atoms with E-state index in [2.05, 4.69) is 0 Å². The minimum absolute atomic E-state index is 0. The van der Waals surface area contributed by atoms with E-state index in [0.29, 0.717) is 13.1 Å². The van der Waals surface area contributed by atoms with Gasteiger partial charge in [0.2, 0.25) is 0 Å². The Labute approximate surface area is 130 Å². The van der Waals surface area contributed by atoms with Gasteiger partial charge in [-0.15, -0.1) is 0 Å². The van der Waals surface area contributed by atoms with Crippen LogP contribution >= 0.6 is 0 Å². The largest absolute Gasteiger partial charge is 1.00 e. The van der Waals surface area contributed by atoms with E-state index in [-0.39, 0.29) is 51.4 Å². The molecule has 76 valence electrons. The number of rotatable bonds is 2. The van der Waals surface area contributed by atoms with E-state index in [4.69, 9.17) is 0 Å². The number of fused-ring (bicyclic) bond motifs is 1. The summed E-state index contributed by atoms with van der Waals surface area (Å²) in [6, 6.07) is 7.50. The fourth-order valence-electron chi connectivity index (χ4n) is 1.83. The van der Waals surface area contributed by atoms with Gasteiger partial charge in [0, 0.05) is 13.1 Å². The van der Waals surface area contributed by atoms with Crippen molar-refractivity contribution in [3.63, 3.8) is 0 Å². The van der Waals surface area contributed by atoms with Crippen LogP contribution in [0.5, 0.6) is 0 Å². The molecule has 0 radical (unpaired) electrons. The summed E-state index contributed by atoms with van der Waals surface area (Å²) in [5, 5.41) is 0. The van der Waals surface area contributed by atoms with E-state index in [1.54, 1.807) is 0 Å². The van der Waals surface area contributed by atoms with Crippen molar-refractivity contribution in [2.45, 2.75) is 13.1 Å². The first kappa shape index (κ1) is 13.7. The van der Waals surface area contributed by atoms with E-state index in [0.717, 1.165) is 11.1 Å². The molecule has 1 aromatic carbocycles. The fraction of sp³-hybridized carbons (Fsp3) is 0.333. The molecule has 1 nitrogen and oxygen atoms in total. The quantitative estimate of drug-likeness (QED) is 0.622. The summed E-state index contributed by atoms with van der Waals surface area (Å²) in [7, 11) is 0. The van der Waals surface area contributed by atoms with Gasteiger partial charge in [-0.2, -0.15) is 0 Å². The van der Waals surface area contributed by atoms with Crippen LogP contribution in [0.15, 0.2) is 24.3 Å². The average molecular weight is 239 g/mol. The van der Waals surface area contributed by atoms with Gasteiger partial charge in [0.1, 0.15) is 0 Å². The smallest absolute Gasteiger partial charge is 0.448 e. The van der Waals surface area contributed by atoms with Crippen LogP contribution in [0.4, 0.5) is 12.9 Å². The Hall–Kier alpha value is 0.671. The van der Waals surface area contributed by atoms with E-state index < -0.39 is 13.4 Å². The van der Waals surface area contributed by atoms with Crippen LogP contribution in [0, 0.1) is 0 Å². The molecule has 0 fully saturated rings. The van der Waals surface area contributed by atoms with Gasteiger partial charge in [-0.3, -0.25) is 0 Å². The van der Waals surface area contributed by atoms with E-state index >= 15 is 0 Å². The molecule has 0 unspecified atom stereocenters. The zero-order valence-corrected chi connectivity index (χ0v) is 11.7. The maximum absolute atomic E-state index is 12.2. The van der Waals surface area contributed by atoms with Crippen LogP contribution < -0.4 is 51.4 Å². The molecule has 1 aromatic rings. The van der Waals surface area contributed by atoms with E-state index in [1.165, 1.54) is 4.90 Å². The van der Waals surface area contributed by atoms with Gasteiger partial charge in [0.05, 0.1) is 0 Å². The Kier molecular flexibility index (Phi) is 4.89. The molecular formula is C9H10BF3KN. The number of benzene rings is 1. The molecule has 15 heavy (non-hydrogen) atoms. The van der Waals surface area contributed by atoms with E-state index in [1.807, 2.05) is 24.3 Å². The summed E-state index contributed by atoms with van der Waals surface area (Å²) in [4.78, 5) is 1.44. The molecule has 0 atom stereocenters. The summed E-state index contributed by atoms with van der Waals surface area (Å²) >= 11 is 0. The maximum Gasteiger partial charge on any atom is 1.00 e. The molecule has 6 heteroatoms. The molecular weight excluding hydrogens is 229 g/mol. The van der Waals surface area contributed by atoms with Crippen LogP contribution in [-0.2, 0) is 13.1 Å². The third kappa shape index (κ3) is 3.87. The minimum atomic E-state index is -4.70. The first-order chi connectivity index (χ1) is 6.54. The molecule has 2 rings (SSSR count). The summed E-state index contributed by atoms with van der Waals surface area (Å²) in [5.41, 5.74) is 2.04. The maximum atomic E-state index is 12.2. The molecule has 0 aliphatic carbocycles. The molecule has 0 aromatic heterocycles. The van der Waals surface area contributed by atoms with Gasteiger partial charge < -0.3 is 17.8 Å². The number of nitrogens with zero attached hydrogens (tertiary/aromatic N) is 1. The van der Waals surface area contributed by atoms with Crippen molar-refractivity contribution in [2.24, 2.45) is 0 Å². The molecule has 0 spiro atoms. The monoisotopic (exact) mass is 239 g/mol. The molecule has 0 bridgehead atoms. The van der Waals surface area contributed by atoms with Crippen LogP contribution in [0.2, 0.25) is 0 Å². The van der Waals surface area contributed by atoms with Crippen LogP contribution in [0.1, 0.15) is 11.1 Å². The van der Waals surface area contributed by atoms with Gasteiger partial charge in [-0.1, -0.05) is 24.3 Å². The van der Waals surface area contributed by atoms with Crippen molar-refractivity contribution in [3.05, 3.63) is 35.4 Å². The number of halogens is 3. The number of hydrogen-bond acceptors (Lipinski definition) is 1. The van der Waals surface area contributed by atoms with Gasteiger partial charge in [-0.05, 0) is 17.6 Å². The first-order valence-electron chi connectivity index (χ1n) is 4.55. The second-order valence-corrected chi connectivity index (χ2v) is 3.65. The summed E-state index contributed by atoms with van der Waals surface area (Å²) in [6.45, 7) is -3.84. The molecule has 0 amide bonds. The zero-order chi connectivity index (χ0) is 10.2. The van der Waals surface area contributed by atoms with Gasteiger partial charge >= 0.3 is 58.4 Å². The second kappa shape index (κ2) is 5.34. The summed E-state index contributed by atoms with van der Waals surface area (Å²) in [5.74, 6) is 0. The van der Waals surface area contributed by atoms with Gasteiger partial charge in [0.25, 0.3) is 0 Å². The van der Waals surface area contributed by atoms with Crippen LogP contribution in [0.3, 0.4) is 0 Å². The van der Waals surface area contributed by atoms with Crippen molar-refractivity contribution in [1.82, 2.24) is 4.90 Å². The van der Waals surface area contributed by atoms with Crippen molar-refractivity contribution >= 4 is 6.98 Å². The fourth-order valence-corrected chi connectivity index (χ4v) is 1.83. The molecule has 1 aliphatic heterocycles. The number of hydrogen-bond donors (Lipinski definition) is 0.